The summed E-state index contributed by atoms with van der Waals surface area (Å²) in [6.45, 7) is 4.01. The van der Waals surface area contributed by atoms with Crippen molar-refractivity contribution in [1.29, 1.82) is 0 Å². The molecule has 0 aliphatic rings. The fourth-order valence-electron chi connectivity index (χ4n) is 4.19. The van der Waals surface area contributed by atoms with E-state index < -0.39 is 17.8 Å². The van der Waals surface area contributed by atoms with Crippen molar-refractivity contribution >= 4 is 35.1 Å². The summed E-state index contributed by atoms with van der Waals surface area (Å²) < 4.78 is 43.9. The van der Waals surface area contributed by atoms with Crippen molar-refractivity contribution in [3.63, 3.8) is 0 Å². The molecule has 5 nitrogen and oxygen atoms in total. The summed E-state index contributed by atoms with van der Waals surface area (Å²) in [4.78, 5) is 28.7. The highest BCUT2D eigenvalue weighted by atomic mass is 32.2. The zero-order chi connectivity index (χ0) is 29.4. The van der Waals surface area contributed by atoms with Crippen LogP contribution in [-0.2, 0) is 22.1 Å². The molecule has 41 heavy (non-hydrogen) atoms. The maximum atomic E-state index is 13.5. The Morgan fingerprint density at radius 1 is 0.854 bits per heavy atom. The Bertz CT molecular complexity index is 1440. The number of hydrogen-bond donors (Lipinski definition) is 1. The van der Waals surface area contributed by atoms with Crippen LogP contribution < -0.4 is 10.2 Å². The number of hydrogen-bond acceptors (Lipinski definition) is 4. The Morgan fingerprint density at radius 2 is 1.44 bits per heavy atom. The molecule has 2 amide bonds. The smallest absolute Gasteiger partial charge is 0.416 e. The number of urea groups is 1. The van der Waals surface area contributed by atoms with Crippen molar-refractivity contribution in [3.8, 4) is 0 Å². The number of alkyl halides is 3. The average Bonchev–Trinajstić information content (AvgIpc) is 2.95. The van der Waals surface area contributed by atoms with Crippen molar-refractivity contribution in [2.24, 2.45) is 0 Å². The third-order valence-electron chi connectivity index (χ3n) is 6.28. The van der Waals surface area contributed by atoms with Gasteiger partial charge in [-0.15, -0.1) is 0 Å². The van der Waals surface area contributed by atoms with Crippen LogP contribution in [0.25, 0.3) is 0 Å². The van der Waals surface area contributed by atoms with E-state index in [0.717, 1.165) is 33.1 Å². The van der Waals surface area contributed by atoms with Crippen molar-refractivity contribution in [3.05, 3.63) is 120 Å². The largest absolute Gasteiger partial charge is 0.466 e. The van der Waals surface area contributed by atoms with Crippen LogP contribution >= 0.6 is 11.8 Å². The van der Waals surface area contributed by atoms with Crippen molar-refractivity contribution in [2.45, 2.75) is 42.3 Å². The van der Waals surface area contributed by atoms with Crippen molar-refractivity contribution in [2.75, 3.05) is 16.8 Å². The third-order valence-corrected chi connectivity index (χ3v) is 7.30. The minimum absolute atomic E-state index is 0.220. The number of ether oxygens (including phenoxy) is 1. The second-order valence-electron chi connectivity index (χ2n) is 9.18. The topological polar surface area (TPSA) is 58.6 Å². The van der Waals surface area contributed by atoms with Crippen LogP contribution in [-0.4, -0.2) is 18.6 Å². The number of carbonyl (C=O) groups excluding carboxylic acids is 2. The van der Waals surface area contributed by atoms with E-state index in [4.69, 9.17) is 4.74 Å². The molecule has 1 atom stereocenters. The minimum atomic E-state index is -4.46. The van der Waals surface area contributed by atoms with Gasteiger partial charge in [-0.25, -0.2) is 4.79 Å². The summed E-state index contributed by atoms with van der Waals surface area (Å²) in [5.41, 5.74) is 1.86. The Morgan fingerprint density at radius 3 is 2.00 bits per heavy atom. The molecule has 0 fully saturated rings. The van der Waals surface area contributed by atoms with E-state index >= 15 is 0 Å². The molecule has 0 aromatic heterocycles. The molecular formula is C32H29F3N2O3S. The standard InChI is InChI=1S/C32H29F3N2O3S/c1-3-40-30(38)21-23-9-17-28(18-10-23)41-29-19-15-27(16-20-29)37(22(2)24-7-5-4-6-8-24)31(39)36-26-13-11-25(12-14-26)32(33,34)35/h4-20,22H,3,21H2,1-2H3,(H,36,39). The zero-order valence-electron chi connectivity index (χ0n) is 22.5. The third kappa shape index (κ3) is 8.14. The van der Waals surface area contributed by atoms with Gasteiger partial charge in [-0.2, -0.15) is 13.2 Å². The number of amides is 2. The molecule has 212 valence electrons. The highest BCUT2D eigenvalue weighted by Gasteiger charge is 2.30. The molecule has 0 saturated carbocycles. The molecule has 1 unspecified atom stereocenters. The molecule has 0 heterocycles. The van der Waals surface area contributed by atoms with E-state index in [2.05, 4.69) is 5.32 Å². The first-order valence-corrected chi connectivity index (χ1v) is 13.8. The maximum absolute atomic E-state index is 13.5. The van der Waals surface area contributed by atoms with E-state index in [0.29, 0.717) is 12.3 Å². The second kappa shape index (κ2) is 13.4. The van der Waals surface area contributed by atoms with Crippen LogP contribution in [0.2, 0.25) is 0 Å². The first-order chi connectivity index (χ1) is 19.6. The molecule has 0 bridgehead atoms. The summed E-state index contributed by atoms with van der Waals surface area (Å²) in [6.07, 6.45) is -4.24. The number of nitrogens with zero attached hydrogens (tertiary/aromatic N) is 1. The molecule has 4 aromatic carbocycles. The lowest BCUT2D eigenvalue weighted by Crippen LogP contribution is -2.37. The molecule has 0 aliphatic heterocycles. The van der Waals surface area contributed by atoms with Crippen LogP contribution in [0, 0.1) is 0 Å². The molecular weight excluding hydrogens is 549 g/mol. The number of rotatable bonds is 9. The van der Waals surface area contributed by atoms with Gasteiger partial charge in [-0.05, 0) is 85.6 Å². The number of nitrogens with one attached hydrogen (secondary N) is 1. The monoisotopic (exact) mass is 578 g/mol. The van der Waals surface area contributed by atoms with E-state index in [1.807, 2.05) is 85.8 Å². The Hall–Kier alpha value is -4.24. The Labute approximate surface area is 241 Å². The molecule has 0 radical (unpaired) electrons. The van der Waals surface area contributed by atoms with E-state index in [1.54, 1.807) is 11.8 Å². The Balaban J connectivity index is 1.51. The molecule has 9 heteroatoms. The highest BCUT2D eigenvalue weighted by molar-refractivity contribution is 7.99. The van der Waals surface area contributed by atoms with Gasteiger partial charge in [0.25, 0.3) is 0 Å². The first kappa shape index (κ1) is 29.7. The van der Waals surface area contributed by atoms with Crippen LogP contribution in [0.5, 0.6) is 0 Å². The van der Waals surface area contributed by atoms with E-state index in [1.165, 1.54) is 23.9 Å². The minimum Gasteiger partial charge on any atom is -0.466 e. The fourth-order valence-corrected chi connectivity index (χ4v) is 5.01. The quantitative estimate of drug-likeness (QED) is 0.202. The predicted molar refractivity (Wildman–Crippen MR) is 155 cm³/mol. The second-order valence-corrected chi connectivity index (χ2v) is 10.3. The lowest BCUT2D eigenvalue weighted by atomic mass is 10.1. The molecule has 0 saturated heterocycles. The van der Waals surface area contributed by atoms with Crippen molar-refractivity contribution < 1.29 is 27.5 Å². The van der Waals surface area contributed by atoms with E-state index in [-0.39, 0.29) is 24.1 Å². The fraction of sp³-hybridized carbons (Fsp3) is 0.188. The molecule has 0 spiro atoms. The van der Waals surface area contributed by atoms with Crippen LogP contribution in [0.3, 0.4) is 0 Å². The van der Waals surface area contributed by atoms with Gasteiger partial charge in [-0.3, -0.25) is 9.69 Å². The lowest BCUT2D eigenvalue weighted by Gasteiger charge is -2.30. The van der Waals surface area contributed by atoms with Gasteiger partial charge in [0.2, 0.25) is 0 Å². The van der Waals surface area contributed by atoms with Crippen LogP contribution in [0.15, 0.2) is 113 Å². The molecule has 0 aliphatic carbocycles. The average molecular weight is 579 g/mol. The van der Waals surface area contributed by atoms with Crippen LogP contribution in [0.4, 0.5) is 29.3 Å². The summed E-state index contributed by atoms with van der Waals surface area (Å²) in [5, 5.41) is 2.73. The summed E-state index contributed by atoms with van der Waals surface area (Å²) in [5.74, 6) is -0.264. The normalized spacial score (nSPS) is 11.9. The predicted octanol–water partition coefficient (Wildman–Crippen LogP) is 8.76. The highest BCUT2D eigenvalue weighted by Crippen LogP contribution is 2.33. The number of halogens is 3. The number of esters is 1. The van der Waals surface area contributed by atoms with Gasteiger partial charge in [0.05, 0.1) is 24.6 Å². The maximum Gasteiger partial charge on any atom is 0.416 e. The van der Waals surface area contributed by atoms with Gasteiger partial charge in [-0.1, -0.05) is 54.2 Å². The Kier molecular flexibility index (Phi) is 9.73. The number of anilines is 2. The van der Waals surface area contributed by atoms with Gasteiger partial charge < -0.3 is 10.1 Å². The van der Waals surface area contributed by atoms with Gasteiger partial charge in [0, 0.05) is 21.2 Å². The summed E-state index contributed by atoms with van der Waals surface area (Å²) in [7, 11) is 0. The van der Waals surface area contributed by atoms with Gasteiger partial charge >= 0.3 is 18.2 Å². The molecule has 1 N–H and O–H groups in total. The zero-order valence-corrected chi connectivity index (χ0v) is 23.3. The molecule has 4 rings (SSSR count). The summed E-state index contributed by atoms with van der Waals surface area (Å²) in [6, 6.07) is 28.2. The summed E-state index contributed by atoms with van der Waals surface area (Å²) >= 11 is 1.54. The SMILES string of the molecule is CCOC(=O)Cc1ccc(Sc2ccc(N(C(=O)Nc3ccc(C(F)(F)F)cc3)C(C)c3ccccc3)cc2)cc1. The van der Waals surface area contributed by atoms with Gasteiger partial charge in [0.15, 0.2) is 0 Å². The van der Waals surface area contributed by atoms with E-state index in [9.17, 15) is 22.8 Å². The molecule has 4 aromatic rings. The number of benzene rings is 4. The number of carbonyl (C=O) groups is 2. The lowest BCUT2D eigenvalue weighted by molar-refractivity contribution is -0.142. The first-order valence-electron chi connectivity index (χ1n) is 13.0. The van der Waals surface area contributed by atoms with Crippen molar-refractivity contribution in [1.82, 2.24) is 0 Å². The van der Waals surface area contributed by atoms with Crippen LogP contribution in [0.1, 0.15) is 36.6 Å². The van der Waals surface area contributed by atoms with Gasteiger partial charge in [0.1, 0.15) is 0 Å².